The van der Waals surface area contributed by atoms with E-state index >= 15 is 0 Å². The summed E-state index contributed by atoms with van der Waals surface area (Å²) in [6.07, 6.45) is 0.643. The maximum atomic E-state index is 13.3. The molecule has 0 saturated heterocycles. The Hall–Kier alpha value is -3.60. The molecule has 0 atom stereocenters. The molecule has 0 bridgehead atoms. The van der Waals surface area contributed by atoms with E-state index in [0.717, 1.165) is 27.8 Å². The summed E-state index contributed by atoms with van der Waals surface area (Å²) in [5, 5.41) is 2.56. The number of nitrogens with one attached hydrogen (secondary N) is 2. The lowest BCUT2D eigenvalue weighted by atomic mass is 9.98. The second kappa shape index (κ2) is 6.21. The summed E-state index contributed by atoms with van der Waals surface area (Å²) in [5.74, 6) is 0. The van der Waals surface area contributed by atoms with Gasteiger partial charge in [0.05, 0.1) is 21.9 Å². The number of aromatic amines is 2. The van der Waals surface area contributed by atoms with Gasteiger partial charge in [-0.15, -0.1) is 0 Å². The standard InChI is InChI=1S/C24H21N3O2/c1-4-14-21-20(25-18-8-6-5-7-15(18)24(21)29)12-17-22(14)26-19-11-13(27(2)3)9-10-16(19)23(17)28/h5-12H,4H2,1-3H3,(H,25,29)(H,26,28). The van der Waals surface area contributed by atoms with Gasteiger partial charge in [0.2, 0.25) is 0 Å². The first-order valence-corrected chi connectivity index (χ1v) is 9.73. The summed E-state index contributed by atoms with van der Waals surface area (Å²) in [6, 6.07) is 15.1. The lowest BCUT2D eigenvalue weighted by molar-refractivity contribution is 1.13. The SMILES string of the molecule is CCc1c2[nH]c3cc(N(C)C)ccc3c(=O)c2cc2[nH]c3ccccc3c(=O)c12. The lowest BCUT2D eigenvalue weighted by Crippen LogP contribution is -2.12. The maximum Gasteiger partial charge on any atom is 0.197 e. The molecule has 0 radical (unpaired) electrons. The third-order valence-electron chi connectivity index (χ3n) is 5.72. The number of hydrogen-bond donors (Lipinski definition) is 2. The number of pyridine rings is 2. The highest BCUT2D eigenvalue weighted by Gasteiger charge is 2.16. The van der Waals surface area contributed by atoms with Gasteiger partial charge in [-0.25, -0.2) is 0 Å². The smallest absolute Gasteiger partial charge is 0.197 e. The molecule has 0 unspecified atom stereocenters. The highest BCUT2D eigenvalue weighted by atomic mass is 16.1. The molecule has 2 aromatic heterocycles. The van der Waals surface area contributed by atoms with E-state index in [9.17, 15) is 9.59 Å². The zero-order valence-electron chi connectivity index (χ0n) is 16.6. The molecular formula is C24H21N3O2. The van der Waals surface area contributed by atoms with Crippen molar-refractivity contribution in [2.45, 2.75) is 13.3 Å². The van der Waals surface area contributed by atoms with Gasteiger partial charge in [0.25, 0.3) is 0 Å². The van der Waals surface area contributed by atoms with Crippen molar-refractivity contribution in [2.75, 3.05) is 19.0 Å². The van der Waals surface area contributed by atoms with Crippen LogP contribution in [0.5, 0.6) is 0 Å². The predicted molar refractivity (Wildman–Crippen MR) is 121 cm³/mol. The number of aromatic nitrogens is 2. The van der Waals surface area contributed by atoms with E-state index in [0.29, 0.717) is 33.5 Å². The van der Waals surface area contributed by atoms with Crippen LogP contribution >= 0.6 is 0 Å². The number of benzene rings is 3. The maximum absolute atomic E-state index is 13.3. The Bertz CT molecular complexity index is 1560. The van der Waals surface area contributed by atoms with Crippen LogP contribution in [0.15, 0.2) is 58.1 Å². The molecule has 5 aromatic rings. The normalized spacial score (nSPS) is 11.7. The fourth-order valence-corrected chi connectivity index (χ4v) is 4.23. The number of fused-ring (bicyclic) bond motifs is 4. The first-order chi connectivity index (χ1) is 14.0. The van der Waals surface area contributed by atoms with Crippen LogP contribution in [0.3, 0.4) is 0 Å². The predicted octanol–water partition coefficient (Wildman–Crippen LogP) is 4.30. The number of H-pyrrole nitrogens is 2. The minimum Gasteiger partial charge on any atom is -0.378 e. The first kappa shape index (κ1) is 17.5. The molecule has 5 rings (SSSR count). The van der Waals surface area contributed by atoms with Crippen molar-refractivity contribution < 1.29 is 0 Å². The van der Waals surface area contributed by atoms with Crippen molar-refractivity contribution in [3.8, 4) is 0 Å². The van der Waals surface area contributed by atoms with E-state index < -0.39 is 0 Å². The molecular weight excluding hydrogens is 362 g/mol. The summed E-state index contributed by atoms with van der Waals surface area (Å²) in [6.45, 7) is 2.02. The Morgan fingerprint density at radius 3 is 2.31 bits per heavy atom. The number of anilines is 1. The number of rotatable bonds is 2. The van der Waals surface area contributed by atoms with Gasteiger partial charge < -0.3 is 14.9 Å². The molecule has 2 N–H and O–H groups in total. The fourth-order valence-electron chi connectivity index (χ4n) is 4.23. The molecule has 5 nitrogen and oxygen atoms in total. The summed E-state index contributed by atoms with van der Waals surface area (Å²) in [4.78, 5) is 35.4. The average Bonchev–Trinajstić information content (AvgIpc) is 2.72. The molecule has 0 spiro atoms. The van der Waals surface area contributed by atoms with Crippen molar-refractivity contribution >= 4 is 49.3 Å². The lowest BCUT2D eigenvalue weighted by Gasteiger charge is -2.15. The Labute approximate surface area is 166 Å². The summed E-state index contributed by atoms with van der Waals surface area (Å²) < 4.78 is 0. The fraction of sp³-hybridized carbons (Fsp3) is 0.167. The number of para-hydroxylation sites is 1. The van der Waals surface area contributed by atoms with Gasteiger partial charge in [-0.05, 0) is 48.4 Å². The van der Waals surface area contributed by atoms with E-state index in [1.807, 2.05) is 74.4 Å². The van der Waals surface area contributed by atoms with E-state index in [1.165, 1.54) is 0 Å². The molecule has 0 aliphatic rings. The van der Waals surface area contributed by atoms with Crippen LogP contribution in [0.2, 0.25) is 0 Å². The molecule has 0 fully saturated rings. The van der Waals surface area contributed by atoms with Gasteiger partial charge in [-0.3, -0.25) is 9.59 Å². The highest BCUT2D eigenvalue weighted by Crippen LogP contribution is 2.27. The van der Waals surface area contributed by atoms with Crippen LogP contribution in [-0.2, 0) is 6.42 Å². The molecule has 5 heteroatoms. The highest BCUT2D eigenvalue weighted by molar-refractivity contribution is 6.05. The van der Waals surface area contributed by atoms with E-state index in [2.05, 4.69) is 9.97 Å². The van der Waals surface area contributed by atoms with Crippen molar-refractivity contribution in [3.05, 3.63) is 74.5 Å². The van der Waals surface area contributed by atoms with E-state index in [1.54, 1.807) is 0 Å². The molecule has 29 heavy (non-hydrogen) atoms. The number of hydrogen-bond acceptors (Lipinski definition) is 3. The minimum absolute atomic E-state index is 0.00362. The van der Waals surface area contributed by atoms with Gasteiger partial charge in [0, 0.05) is 41.5 Å². The second-order valence-corrected chi connectivity index (χ2v) is 7.63. The molecule has 0 amide bonds. The van der Waals surface area contributed by atoms with Crippen LogP contribution in [-0.4, -0.2) is 24.1 Å². The minimum atomic E-state index is -0.0235. The zero-order valence-corrected chi connectivity index (χ0v) is 16.6. The summed E-state index contributed by atoms with van der Waals surface area (Å²) >= 11 is 0. The largest absolute Gasteiger partial charge is 0.378 e. The van der Waals surface area contributed by atoms with Gasteiger partial charge >= 0.3 is 0 Å². The van der Waals surface area contributed by atoms with Crippen molar-refractivity contribution in [3.63, 3.8) is 0 Å². The Balaban J connectivity index is 2.02. The Kier molecular flexibility index (Phi) is 3.74. The first-order valence-electron chi connectivity index (χ1n) is 9.73. The number of aryl methyl sites for hydroxylation is 1. The second-order valence-electron chi connectivity index (χ2n) is 7.63. The van der Waals surface area contributed by atoms with Crippen molar-refractivity contribution in [1.29, 1.82) is 0 Å². The Morgan fingerprint density at radius 2 is 1.55 bits per heavy atom. The molecule has 0 saturated carbocycles. The van der Waals surface area contributed by atoms with Crippen LogP contribution in [0.4, 0.5) is 5.69 Å². The van der Waals surface area contributed by atoms with E-state index in [4.69, 9.17) is 0 Å². The zero-order chi connectivity index (χ0) is 20.3. The third-order valence-corrected chi connectivity index (χ3v) is 5.72. The molecule has 144 valence electrons. The third kappa shape index (κ3) is 2.47. The molecule has 3 aromatic carbocycles. The van der Waals surface area contributed by atoms with Crippen LogP contribution in [0.25, 0.3) is 43.6 Å². The van der Waals surface area contributed by atoms with Crippen molar-refractivity contribution in [2.24, 2.45) is 0 Å². The monoisotopic (exact) mass is 383 g/mol. The van der Waals surface area contributed by atoms with Gasteiger partial charge in [-0.1, -0.05) is 19.1 Å². The van der Waals surface area contributed by atoms with Gasteiger partial charge in [0.1, 0.15) is 0 Å². The number of nitrogens with zero attached hydrogens (tertiary/aromatic N) is 1. The molecule has 0 aliphatic carbocycles. The van der Waals surface area contributed by atoms with Crippen LogP contribution in [0, 0.1) is 0 Å². The summed E-state index contributed by atoms with van der Waals surface area (Å²) in [5.41, 5.74) is 4.86. The Morgan fingerprint density at radius 1 is 0.793 bits per heavy atom. The van der Waals surface area contributed by atoms with Crippen LogP contribution in [0.1, 0.15) is 12.5 Å². The quantitative estimate of drug-likeness (QED) is 0.447. The average molecular weight is 383 g/mol. The van der Waals surface area contributed by atoms with E-state index in [-0.39, 0.29) is 10.9 Å². The molecule has 0 aliphatic heterocycles. The van der Waals surface area contributed by atoms with Gasteiger partial charge in [0.15, 0.2) is 10.9 Å². The van der Waals surface area contributed by atoms with Gasteiger partial charge in [-0.2, -0.15) is 0 Å². The summed E-state index contributed by atoms with van der Waals surface area (Å²) in [7, 11) is 3.94. The van der Waals surface area contributed by atoms with Crippen LogP contribution < -0.4 is 15.8 Å². The topological polar surface area (TPSA) is 69.0 Å². The molecule has 2 heterocycles. The van der Waals surface area contributed by atoms with Crippen molar-refractivity contribution in [1.82, 2.24) is 9.97 Å².